The van der Waals surface area contributed by atoms with E-state index in [-0.39, 0.29) is 5.91 Å². The summed E-state index contributed by atoms with van der Waals surface area (Å²) in [5.41, 5.74) is 1.07. The molecule has 7 nitrogen and oxygen atoms in total. The van der Waals surface area contributed by atoms with Gasteiger partial charge in [0.15, 0.2) is 5.96 Å². The molecule has 0 spiro atoms. The van der Waals surface area contributed by atoms with Crippen molar-refractivity contribution in [1.29, 1.82) is 0 Å². The standard InChI is InChI=1S/C22H38N6OS/c1-16(2)21-25-19(15-30-21)11-24-22(23-5)27-8-6-26(7-9-27)14-20(29)28-12-17(3)10-18(4)13-28/h15-18H,6-14H2,1-5H3,(H,23,24). The number of thiazole rings is 1. The topological polar surface area (TPSA) is 64.1 Å². The maximum atomic E-state index is 12.8. The molecule has 2 saturated heterocycles. The minimum atomic E-state index is 0.286. The molecular weight excluding hydrogens is 396 g/mol. The van der Waals surface area contributed by atoms with Crippen molar-refractivity contribution in [2.24, 2.45) is 16.8 Å². The summed E-state index contributed by atoms with van der Waals surface area (Å²) < 4.78 is 0. The zero-order valence-electron chi connectivity index (χ0n) is 19.2. The fraction of sp³-hybridized carbons (Fsp3) is 0.773. The normalized spacial score (nSPS) is 23.9. The Hall–Kier alpha value is -1.67. The average Bonchev–Trinajstić information content (AvgIpc) is 3.18. The SMILES string of the molecule is CN=C(NCc1csc(C(C)C)n1)N1CCN(CC(=O)N2CC(C)CC(C)C2)CC1. The number of piperidine rings is 1. The molecule has 2 aliphatic heterocycles. The Labute approximate surface area is 185 Å². The number of piperazine rings is 1. The van der Waals surface area contributed by atoms with Gasteiger partial charge in [-0.05, 0) is 18.3 Å². The summed E-state index contributed by atoms with van der Waals surface area (Å²) in [7, 11) is 1.83. The first-order chi connectivity index (χ1) is 14.4. The largest absolute Gasteiger partial charge is 0.351 e. The smallest absolute Gasteiger partial charge is 0.236 e. The van der Waals surface area contributed by atoms with Gasteiger partial charge in [-0.2, -0.15) is 0 Å². The van der Waals surface area contributed by atoms with E-state index < -0.39 is 0 Å². The average molecular weight is 435 g/mol. The molecule has 30 heavy (non-hydrogen) atoms. The van der Waals surface area contributed by atoms with Crippen molar-refractivity contribution < 1.29 is 4.79 Å². The van der Waals surface area contributed by atoms with Crippen LogP contribution in [0.5, 0.6) is 0 Å². The number of rotatable bonds is 5. The van der Waals surface area contributed by atoms with Gasteiger partial charge in [-0.15, -0.1) is 11.3 Å². The molecule has 0 aromatic carbocycles. The Balaban J connectivity index is 1.43. The Morgan fingerprint density at radius 1 is 1.20 bits per heavy atom. The molecule has 1 aromatic heterocycles. The van der Waals surface area contributed by atoms with Crippen LogP contribution in [0.1, 0.15) is 50.7 Å². The molecule has 1 amide bonds. The third-order valence-corrected chi connectivity index (χ3v) is 7.15. The van der Waals surface area contributed by atoms with E-state index >= 15 is 0 Å². The van der Waals surface area contributed by atoms with Gasteiger partial charge in [0, 0.05) is 57.6 Å². The van der Waals surface area contributed by atoms with Crippen molar-refractivity contribution in [3.8, 4) is 0 Å². The van der Waals surface area contributed by atoms with Crippen molar-refractivity contribution in [3.05, 3.63) is 16.1 Å². The maximum Gasteiger partial charge on any atom is 0.236 e. The Morgan fingerprint density at radius 3 is 2.43 bits per heavy atom. The molecule has 168 valence electrons. The van der Waals surface area contributed by atoms with Crippen LogP contribution in [0.4, 0.5) is 0 Å². The summed E-state index contributed by atoms with van der Waals surface area (Å²) >= 11 is 1.72. The van der Waals surface area contributed by atoms with E-state index in [1.54, 1.807) is 11.3 Å². The highest BCUT2D eigenvalue weighted by Crippen LogP contribution is 2.21. The number of nitrogens with zero attached hydrogens (tertiary/aromatic N) is 5. The molecule has 0 saturated carbocycles. The second-order valence-corrected chi connectivity index (χ2v) is 10.1. The van der Waals surface area contributed by atoms with E-state index in [0.717, 1.165) is 50.9 Å². The summed E-state index contributed by atoms with van der Waals surface area (Å²) in [4.78, 5) is 28.6. The minimum absolute atomic E-state index is 0.286. The van der Waals surface area contributed by atoms with Gasteiger partial charge in [0.1, 0.15) is 0 Å². The number of nitrogens with one attached hydrogen (secondary N) is 1. The fourth-order valence-corrected chi connectivity index (χ4v) is 5.28. The van der Waals surface area contributed by atoms with E-state index in [4.69, 9.17) is 4.98 Å². The van der Waals surface area contributed by atoms with Gasteiger partial charge in [-0.25, -0.2) is 4.98 Å². The highest BCUT2D eigenvalue weighted by Gasteiger charge is 2.28. The lowest BCUT2D eigenvalue weighted by Crippen LogP contribution is -2.55. The molecule has 0 radical (unpaired) electrons. The molecule has 0 aliphatic carbocycles. The minimum Gasteiger partial charge on any atom is -0.351 e. The first-order valence-electron chi connectivity index (χ1n) is 11.3. The van der Waals surface area contributed by atoms with E-state index in [1.807, 2.05) is 7.05 Å². The lowest BCUT2D eigenvalue weighted by atomic mass is 9.92. The molecule has 2 fully saturated rings. The molecule has 3 heterocycles. The van der Waals surface area contributed by atoms with Gasteiger partial charge in [0.05, 0.1) is 23.8 Å². The number of guanidine groups is 1. The van der Waals surface area contributed by atoms with Gasteiger partial charge in [0.2, 0.25) is 5.91 Å². The number of likely N-dealkylation sites (tertiary alicyclic amines) is 1. The van der Waals surface area contributed by atoms with Crippen LogP contribution in [0.3, 0.4) is 0 Å². The van der Waals surface area contributed by atoms with E-state index in [9.17, 15) is 4.79 Å². The third kappa shape index (κ3) is 6.17. The second-order valence-electron chi connectivity index (χ2n) is 9.24. The number of carbonyl (C=O) groups is 1. The predicted molar refractivity (Wildman–Crippen MR) is 124 cm³/mol. The quantitative estimate of drug-likeness (QED) is 0.570. The molecular formula is C22H38N6OS. The predicted octanol–water partition coefficient (Wildman–Crippen LogP) is 2.46. The van der Waals surface area contributed by atoms with Crippen LogP contribution in [0.2, 0.25) is 0 Å². The van der Waals surface area contributed by atoms with Crippen molar-refractivity contribution >= 4 is 23.2 Å². The highest BCUT2D eigenvalue weighted by atomic mass is 32.1. The summed E-state index contributed by atoms with van der Waals surface area (Å²) in [5.74, 6) is 2.89. The zero-order valence-corrected chi connectivity index (χ0v) is 20.0. The molecule has 3 rings (SSSR count). The summed E-state index contributed by atoms with van der Waals surface area (Å²) in [6.07, 6.45) is 1.23. The fourth-order valence-electron chi connectivity index (χ4n) is 4.45. The lowest BCUT2D eigenvalue weighted by molar-refractivity contribution is -0.135. The Kier molecular flexibility index (Phi) is 8.11. The van der Waals surface area contributed by atoms with E-state index in [1.165, 1.54) is 11.4 Å². The zero-order chi connectivity index (χ0) is 21.7. The van der Waals surface area contributed by atoms with Gasteiger partial charge in [-0.1, -0.05) is 27.7 Å². The number of aliphatic imine (C=N–C) groups is 1. The number of carbonyl (C=O) groups excluding carboxylic acids is 1. The van der Waals surface area contributed by atoms with E-state index in [2.05, 4.69) is 58.1 Å². The van der Waals surface area contributed by atoms with Gasteiger partial charge >= 0.3 is 0 Å². The molecule has 2 atom stereocenters. The van der Waals surface area contributed by atoms with Crippen LogP contribution in [0.15, 0.2) is 10.4 Å². The van der Waals surface area contributed by atoms with Gasteiger partial charge < -0.3 is 15.1 Å². The molecule has 1 N–H and O–H groups in total. The highest BCUT2D eigenvalue weighted by molar-refractivity contribution is 7.09. The molecule has 1 aromatic rings. The number of hydrogen-bond donors (Lipinski definition) is 1. The van der Waals surface area contributed by atoms with E-state index in [0.29, 0.717) is 30.8 Å². The first-order valence-corrected chi connectivity index (χ1v) is 12.1. The molecule has 0 bridgehead atoms. The lowest BCUT2D eigenvalue weighted by Gasteiger charge is -2.39. The van der Waals surface area contributed by atoms with Crippen LogP contribution in [0, 0.1) is 11.8 Å². The second kappa shape index (κ2) is 10.6. The summed E-state index contributed by atoms with van der Waals surface area (Å²) in [6, 6.07) is 0. The van der Waals surface area contributed by atoms with Crippen LogP contribution in [0.25, 0.3) is 0 Å². The maximum absolute atomic E-state index is 12.8. The number of amides is 1. The molecule has 8 heteroatoms. The third-order valence-electron chi connectivity index (χ3n) is 5.96. The monoisotopic (exact) mass is 434 g/mol. The van der Waals surface area contributed by atoms with Crippen molar-refractivity contribution in [3.63, 3.8) is 0 Å². The van der Waals surface area contributed by atoms with Crippen LogP contribution in [-0.2, 0) is 11.3 Å². The Bertz CT molecular complexity index is 715. The van der Waals surface area contributed by atoms with Crippen molar-refractivity contribution in [1.82, 2.24) is 25.0 Å². The number of hydrogen-bond acceptors (Lipinski definition) is 5. The van der Waals surface area contributed by atoms with Gasteiger partial charge in [-0.3, -0.25) is 14.7 Å². The molecule has 2 unspecified atom stereocenters. The van der Waals surface area contributed by atoms with Gasteiger partial charge in [0.25, 0.3) is 0 Å². The first kappa shape index (κ1) is 23.0. The van der Waals surface area contributed by atoms with Crippen molar-refractivity contribution in [2.45, 2.75) is 46.6 Å². The van der Waals surface area contributed by atoms with Crippen LogP contribution < -0.4 is 5.32 Å². The molecule has 2 aliphatic rings. The Morgan fingerprint density at radius 2 is 1.87 bits per heavy atom. The summed E-state index contributed by atoms with van der Waals surface area (Å²) in [5, 5.41) is 6.76. The van der Waals surface area contributed by atoms with Crippen molar-refractivity contribution in [2.75, 3.05) is 52.9 Å². The summed E-state index contributed by atoms with van der Waals surface area (Å²) in [6.45, 7) is 15.4. The van der Waals surface area contributed by atoms with Crippen LogP contribution in [-0.4, -0.2) is 84.4 Å². The van der Waals surface area contributed by atoms with Crippen LogP contribution >= 0.6 is 11.3 Å². The number of aromatic nitrogens is 1.